The summed E-state index contributed by atoms with van der Waals surface area (Å²) >= 11 is 0. The number of amides is 1. The summed E-state index contributed by atoms with van der Waals surface area (Å²) in [4.78, 5) is 21.3. The van der Waals surface area contributed by atoms with E-state index in [4.69, 9.17) is 0 Å². The van der Waals surface area contributed by atoms with Crippen molar-refractivity contribution in [3.05, 3.63) is 29.6 Å². The summed E-state index contributed by atoms with van der Waals surface area (Å²) in [5, 5.41) is 0. The van der Waals surface area contributed by atoms with E-state index in [2.05, 4.69) is 9.88 Å². The monoisotopic (exact) mass is 273 g/mol. The van der Waals surface area contributed by atoms with Crippen LogP contribution in [0.1, 0.15) is 41.7 Å². The van der Waals surface area contributed by atoms with Crippen LogP contribution >= 0.6 is 0 Å². The Bertz CT molecular complexity index is 467. The van der Waals surface area contributed by atoms with Gasteiger partial charge in [0.05, 0.1) is 5.56 Å². The predicted molar refractivity (Wildman–Crippen MR) is 78.7 cm³/mol. The number of rotatable bonds is 2. The van der Waals surface area contributed by atoms with E-state index in [9.17, 15) is 4.79 Å². The van der Waals surface area contributed by atoms with Crippen LogP contribution in [0.5, 0.6) is 0 Å². The molecule has 1 amide bonds. The summed E-state index contributed by atoms with van der Waals surface area (Å²) in [5.41, 5.74) is 1.67. The number of nitrogens with zero attached hydrogens (tertiary/aromatic N) is 3. The van der Waals surface area contributed by atoms with Crippen LogP contribution in [0.4, 0.5) is 0 Å². The molecule has 0 spiro atoms. The molecule has 1 aliphatic carbocycles. The van der Waals surface area contributed by atoms with E-state index in [0.29, 0.717) is 5.56 Å². The van der Waals surface area contributed by atoms with Gasteiger partial charge in [-0.25, -0.2) is 0 Å². The van der Waals surface area contributed by atoms with Crippen molar-refractivity contribution in [1.29, 1.82) is 0 Å². The van der Waals surface area contributed by atoms with Crippen molar-refractivity contribution in [1.82, 2.24) is 14.8 Å². The number of aryl methyl sites for hydroxylation is 1. The fourth-order valence-electron chi connectivity index (χ4n) is 3.03. The highest BCUT2D eigenvalue weighted by Crippen LogP contribution is 2.25. The van der Waals surface area contributed by atoms with Crippen LogP contribution in [-0.4, -0.2) is 52.9 Å². The second kappa shape index (κ2) is 5.92. The highest BCUT2D eigenvalue weighted by molar-refractivity contribution is 5.93. The lowest BCUT2D eigenvalue weighted by Gasteiger charge is -2.36. The van der Waals surface area contributed by atoms with E-state index < -0.39 is 0 Å². The molecule has 0 atom stereocenters. The van der Waals surface area contributed by atoms with E-state index in [-0.39, 0.29) is 5.91 Å². The summed E-state index contributed by atoms with van der Waals surface area (Å²) in [6.45, 7) is 5.83. The molecule has 1 aromatic rings. The van der Waals surface area contributed by atoms with E-state index >= 15 is 0 Å². The van der Waals surface area contributed by atoms with Gasteiger partial charge in [0.15, 0.2) is 0 Å². The second-order valence-electron chi connectivity index (χ2n) is 5.95. The second-order valence-corrected chi connectivity index (χ2v) is 5.95. The summed E-state index contributed by atoms with van der Waals surface area (Å²) in [7, 11) is 0. The first kappa shape index (κ1) is 13.6. The zero-order chi connectivity index (χ0) is 13.9. The van der Waals surface area contributed by atoms with Gasteiger partial charge in [0, 0.05) is 44.1 Å². The highest BCUT2D eigenvalue weighted by Gasteiger charge is 2.27. The molecule has 1 saturated carbocycles. The molecule has 0 N–H and O–H groups in total. The van der Waals surface area contributed by atoms with Gasteiger partial charge in [-0.1, -0.05) is 6.42 Å². The third-order valence-electron chi connectivity index (χ3n) is 4.57. The van der Waals surface area contributed by atoms with Crippen LogP contribution < -0.4 is 0 Å². The van der Waals surface area contributed by atoms with Crippen molar-refractivity contribution in [2.75, 3.05) is 26.2 Å². The Morgan fingerprint density at radius 3 is 2.65 bits per heavy atom. The first-order chi connectivity index (χ1) is 9.74. The molecule has 3 rings (SSSR count). The Balaban J connectivity index is 1.62. The molecule has 1 aromatic heterocycles. The summed E-state index contributed by atoms with van der Waals surface area (Å²) in [6.07, 6.45) is 6.85. The number of pyridine rings is 1. The van der Waals surface area contributed by atoms with Crippen LogP contribution in [0.2, 0.25) is 0 Å². The third kappa shape index (κ3) is 2.85. The summed E-state index contributed by atoms with van der Waals surface area (Å²) in [5.74, 6) is 0.132. The minimum Gasteiger partial charge on any atom is -0.337 e. The topological polar surface area (TPSA) is 36.4 Å². The molecule has 2 fully saturated rings. The fourth-order valence-corrected chi connectivity index (χ4v) is 3.03. The van der Waals surface area contributed by atoms with Gasteiger partial charge in [-0.15, -0.1) is 0 Å². The first-order valence-corrected chi connectivity index (χ1v) is 7.70. The molecule has 4 nitrogen and oxygen atoms in total. The van der Waals surface area contributed by atoms with Crippen molar-refractivity contribution < 1.29 is 4.79 Å². The normalized spacial score (nSPS) is 21.4. The zero-order valence-corrected chi connectivity index (χ0v) is 12.2. The van der Waals surface area contributed by atoms with E-state index in [1.54, 1.807) is 6.20 Å². The van der Waals surface area contributed by atoms with Crippen molar-refractivity contribution in [3.63, 3.8) is 0 Å². The summed E-state index contributed by atoms with van der Waals surface area (Å²) < 4.78 is 0. The minimum atomic E-state index is 0.132. The zero-order valence-electron chi connectivity index (χ0n) is 12.2. The minimum absolute atomic E-state index is 0.132. The van der Waals surface area contributed by atoms with Gasteiger partial charge in [0.25, 0.3) is 5.91 Å². The quantitative estimate of drug-likeness (QED) is 0.828. The SMILES string of the molecule is Cc1ccc(C(=O)N2CCCN(C3CCC3)CC2)cn1. The van der Waals surface area contributed by atoms with Crippen molar-refractivity contribution >= 4 is 5.91 Å². The maximum absolute atomic E-state index is 12.5. The van der Waals surface area contributed by atoms with Crippen LogP contribution in [0.3, 0.4) is 0 Å². The smallest absolute Gasteiger partial charge is 0.255 e. The average molecular weight is 273 g/mol. The lowest BCUT2D eigenvalue weighted by atomic mass is 9.91. The fraction of sp³-hybridized carbons (Fsp3) is 0.625. The average Bonchev–Trinajstić information content (AvgIpc) is 2.63. The maximum atomic E-state index is 12.5. The molecule has 20 heavy (non-hydrogen) atoms. The maximum Gasteiger partial charge on any atom is 0.255 e. The molecule has 108 valence electrons. The van der Waals surface area contributed by atoms with Gasteiger partial charge < -0.3 is 4.90 Å². The molecule has 0 radical (unpaired) electrons. The third-order valence-corrected chi connectivity index (χ3v) is 4.57. The molecule has 2 aliphatic rings. The number of carbonyl (C=O) groups is 1. The Labute approximate surface area is 120 Å². The number of aromatic nitrogens is 1. The van der Waals surface area contributed by atoms with Gasteiger partial charge in [0.2, 0.25) is 0 Å². The predicted octanol–water partition coefficient (Wildman–Crippen LogP) is 2.09. The standard InChI is InChI=1S/C16H23N3O/c1-13-6-7-14(12-17-13)16(20)19-9-3-8-18(10-11-19)15-4-2-5-15/h6-7,12,15H,2-5,8-11H2,1H3. The molecular weight excluding hydrogens is 250 g/mol. The van der Waals surface area contributed by atoms with Crippen molar-refractivity contribution in [2.24, 2.45) is 0 Å². The number of carbonyl (C=O) groups excluding carboxylic acids is 1. The Morgan fingerprint density at radius 2 is 2.00 bits per heavy atom. The van der Waals surface area contributed by atoms with Crippen LogP contribution in [-0.2, 0) is 0 Å². The van der Waals surface area contributed by atoms with Gasteiger partial charge >= 0.3 is 0 Å². The van der Waals surface area contributed by atoms with E-state index in [1.807, 2.05) is 24.0 Å². The molecule has 0 unspecified atom stereocenters. The van der Waals surface area contributed by atoms with Gasteiger partial charge in [-0.2, -0.15) is 0 Å². The van der Waals surface area contributed by atoms with Crippen LogP contribution in [0, 0.1) is 6.92 Å². The van der Waals surface area contributed by atoms with Crippen molar-refractivity contribution in [2.45, 2.75) is 38.6 Å². The lowest BCUT2D eigenvalue weighted by Crippen LogP contribution is -2.42. The first-order valence-electron chi connectivity index (χ1n) is 7.70. The van der Waals surface area contributed by atoms with Crippen molar-refractivity contribution in [3.8, 4) is 0 Å². The molecule has 1 aliphatic heterocycles. The Morgan fingerprint density at radius 1 is 1.15 bits per heavy atom. The number of hydrogen-bond acceptors (Lipinski definition) is 3. The summed E-state index contributed by atoms with van der Waals surface area (Å²) in [6, 6.07) is 4.58. The molecule has 0 aromatic carbocycles. The van der Waals surface area contributed by atoms with E-state index in [1.165, 1.54) is 19.3 Å². The Kier molecular flexibility index (Phi) is 4.01. The molecule has 2 heterocycles. The van der Waals surface area contributed by atoms with Crippen LogP contribution in [0.15, 0.2) is 18.3 Å². The number of hydrogen-bond donors (Lipinski definition) is 0. The van der Waals surface area contributed by atoms with Gasteiger partial charge in [-0.05, 0) is 38.3 Å². The molecule has 0 bridgehead atoms. The van der Waals surface area contributed by atoms with Gasteiger partial charge in [0.1, 0.15) is 0 Å². The molecule has 4 heteroatoms. The largest absolute Gasteiger partial charge is 0.337 e. The highest BCUT2D eigenvalue weighted by atomic mass is 16.2. The molecule has 1 saturated heterocycles. The lowest BCUT2D eigenvalue weighted by molar-refractivity contribution is 0.0749. The van der Waals surface area contributed by atoms with Crippen LogP contribution in [0.25, 0.3) is 0 Å². The van der Waals surface area contributed by atoms with Gasteiger partial charge in [-0.3, -0.25) is 14.7 Å². The van der Waals surface area contributed by atoms with E-state index in [0.717, 1.165) is 44.3 Å². The Hall–Kier alpha value is -1.42. The molecular formula is C16H23N3O.